The van der Waals surface area contributed by atoms with Gasteiger partial charge in [0, 0.05) is 31.4 Å². The summed E-state index contributed by atoms with van der Waals surface area (Å²) in [6.45, 7) is 3.53. The molecule has 0 saturated heterocycles. The molecular weight excluding hydrogens is 362 g/mol. The zero-order chi connectivity index (χ0) is 20.8. The standard InChI is InChI=1S/C24H31N3O2/c1-17-10-7-8-15-22(17)23(24(29)26-19-11-5-4-6-12-19)27(3)21-14-9-13-20(16-21)25-18(2)28/h7-10,13-16,19,23H,4-6,11-12H2,1-3H3,(H,25,28)(H,26,29). The number of carbonyl (C=O) groups excluding carboxylic acids is 2. The van der Waals surface area contributed by atoms with Crippen molar-refractivity contribution in [2.75, 3.05) is 17.3 Å². The summed E-state index contributed by atoms with van der Waals surface area (Å²) in [5.41, 5.74) is 3.68. The summed E-state index contributed by atoms with van der Waals surface area (Å²) >= 11 is 0. The molecule has 3 rings (SSSR count). The molecule has 1 unspecified atom stereocenters. The largest absolute Gasteiger partial charge is 0.359 e. The van der Waals surface area contributed by atoms with Crippen LogP contribution in [0.1, 0.15) is 56.2 Å². The van der Waals surface area contributed by atoms with Gasteiger partial charge in [-0.25, -0.2) is 0 Å². The van der Waals surface area contributed by atoms with Crippen molar-refractivity contribution in [2.24, 2.45) is 0 Å². The number of likely N-dealkylation sites (N-methyl/N-ethyl adjacent to an activating group) is 1. The molecule has 0 aromatic heterocycles. The fourth-order valence-corrected chi connectivity index (χ4v) is 4.10. The Morgan fingerprint density at radius 2 is 1.76 bits per heavy atom. The van der Waals surface area contributed by atoms with Gasteiger partial charge in [0.15, 0.2) is 0 Å². The van der Waals surface area contributed by atoms with Gasteiger partial charge in [-0.05, 0) is 49.1 Å². The Labute approximate surface area is 173 Å². The molecule has 5 nitrogen and oxygen atoms in total. The van der Waals surface area contributed by atoms with Gasteiger partial charge in [-0.1, -0.05) is 49.6 Å². The Balaban J connectivity index is 1.91. The van der Waals surface area contributed by atoms with E-state index in [0.29, 0.717) is 0 Å². The molecule has 0 bridgehead atoms. The molecule has 0 aliphatic heterocycles. The Morgan fingerprint density at radius 3 is 2.45 bits per heavy atom. The number of carbonyl (C=O) groups is 2. The van der Waals surface area contributed by atoms with E-state index in [2.05, 4.69) is 10.6 Å². The molecule has 154 valence electrons. The summed E-state index contributed by atoms with van der Waals surface area (Å²) in [7, 11) is 1.93. The number of anilines is 2. The summed E-state index contributed by atoms with van der Waals surface area (Å²) in [5, 5.41) is 6.11. The number of nitrogens with one attached hydrogen (secondary N) is 2. The summed E-state index contributed by atoms with van der Waals surface area (Å²) < 4.78 is 0. The molecule has 1 saturated carbocycles. The van der Waals surface area contributed by atoms with Crippen LogP contribution in [0.15, 0.2) is 48.5 Å². The molecule has 1 aliphatic carbocycles. The third-order valence-corrected chi connectivity index (χ3v) is 5.64. The van der Waals surface area contributed by atoms with E-state index < -0.39 is 6.04 Å². The highest BCUT2D eigenvalue weighted by Gasteiger charge is 2.29. The third-order valence-electron chi connectivity index (χ3n) is 5.64. The first-order valence-corrected chi connectivity index (χ1v) is 10.4. The van der Waals surface area contributed by atoms with E-state index in [-0.39, 0.29) is 17.9 Å². The number of amides is 2. The predicted molar refractivity (Wildman–Crippen MR) is 118 cm³/mol. The van der Waals surface area contributed by atoms with Gasteiger partial charge >= 0.3 is 0 Å². The van der Waals surface area contributed by atoms with Crippen molar-refractivity contribution in [3.8, 4) is 0 Å². The highest BCUT2D eigenvalue weighted by Crippen LogP contribution is 2.30. The van der Waals surface area contributed by atoms with Crippen molar-refractivity contribution in [3.63, 3.8) is 0 Å². The summed E-state index contributed by atoms with van der Waals surface area (Å²) in [5.74, 6) is -0.0890. The SMILES string of the molecule is CC(=O)Nc1cccc(N(C)C(C(=O)NC2CCCCC2)c2ccccc2C)c1. The van der Waals surface area contributed by atoms with Gasteiger partial charge < -0.3 is 15.5 Å². The monoisotopic (exact) mass is 393 g/mol. The van der Waals surface area contributed by atoms with Crippen LogP contribution in [-0.4, -0.2) is 24.9 Å². The lowest BCUT2D eigenvalue weighted by atomic mass is 9.94. The fraction of sp³-hybridized carbons (Fsp3) is 0.417. The number of rotatable bonds is 6. The van der Waals surface area contributed by atoms with Crippen molar-refractivity contribution in [1.82, 2.24) is 5.32 Å². The minimum Gasteiger partial charge on any atom is -0.359 e. The Morgan fingerprint density at radius 1 is 1.03 bits per heavy atom. The minimum absolute atomic E-state index is 0.0265. The molecule has 2 amide bonds. The van der Waals surface area contributed by atoms with Crippen LogP contribution in [0.25, 0.3) is 0 Å². The molecule has 1 atom stereocenters. The maximum atomic E-state index is 13.4. The maximum absolute atomic E-state index is 13.4. The van der Waals surface area contributed by atoms with E-state index in [1.807, 2.05) is 67.4 Å². The zero-order valence-electron chi connectivity index (χ0n) is 17.6. The number of aryl methyl sites for hydroxylation is 1. The second kappa shape index (κ2) is 9.59. The van der Waals surface area contributed by atoms with Crippen LogP contribution < -0.4 is 15.5 Å². The number of hydrogen-bond acceptors (Lipinski definition) is 3. The molecule has 1 aliphatic rings. The highest BCUT2D eigenvalue weighted by atomic mass is 16.2. The van der Waals surface area contributed by atoms with Gasteiger partial charge in [0.2, 0.25) is 11.8 Å². The van der Waals surface area contributed by atoms with Gasteiger partial charge in [0.05, 0.1) is 0 Å². The average Bonchev–Trinajstić information content (AvgIpc) is 2.70. The average molecular weight is 394 g/mol. The van der Waals surface area contributed by atoms with Gasteiger partial charge in [0.25, 0.3) is 0 Å². The van der Waals surface area contributed by atoms with Crippen molar-refractivity contribution < 1.29 is 9.59 Å². The highest BCUT2D eigenvalue weighted by molar-refractivity contribution is 5.90. The van der Waals surface area contributed by atoms with Crippen molar-refractivity contribution >= 4 is 23.2 Å². The zero-order valence-corrected chi connectivity index (χ0v) is 17.6. The van der Waals surface area contributed by atoms with Gasteiger partial charge in [-0.15, -0.1) is 0 Å². The van der Waals surface area contributed by atoms with E-state index >= 15 is 0 Å². The van der Waals surface area contributed by atoms with Crippen LogP contribution in [0.3, 0.4) is 0 Å². The lowest BCUT2D eigenvalue weighted by molar-refractivity contribution is -0.123. The van der Waals surface area contributed by atoms with Crippen molar-refractivity contribution in [2.45, 2.75) is 58.0 Å². The van der Waals surface area contributed by atoms with Crippen LogP contribution in [0.5, 0.6) is 0 Å². The molecule has 0 radical (unpaired) electrons. The fourth-order valence-electron chi connectivity index (χ4n) is 4.10. The maximum Gasteiger partial charge on any atom is 0.247 e. The lowest BCUT2D eigenvalue weighted by Gasteiger charge is -2.33. The lowest BCUT2D eigenvalue weighted by Crippen LogP contribution is -2.44. The smallest absolute Gasteiger partial charge is 0.247 e. The Bertz CT molecular complexity index is 859. The van der Waals surface area contributed by atoms with E-state index in [1.54, 1.807) is 0 Å². The van der Waals surface area contributed by atoms with E-state index in [1.165, 1.54) is 26.2 Å². The van der Waals surface area contributed by atoms with Gasteiger partial charge in [-0.2, -0.15) is 0 Å². The quantitative estimate of drug-likeness (QED) is 0.755. The van der Waals surface area contributed by atoms with E-state index in [0.717, 1.165) is 35.3 Å². The molecule has 5 heteroatoms. The Hall–Kier alpha value is -2.82. The van der Waals surface area contributed by atoms with Crippen LogP contribution in [0, 0.1) is 6.92 Å². The molecule has 1 fully saturated rings. The minimum atomic E-state index is -0.439. The number of nitrogens with zero attached hydrogens (tertiary/aromatic N) is 1. The summed E-state index contributed by atoms with van der Waals surface area (Å²) in [6, 6.07) is 15.5. The molecule has 2 N–H and O–H groups in total. The molecule has 2 aromatic carbocycles. The van der Waals surface area contributed by atoms with Gasteiger partial charge in [0.1, 0.15) is 6.04 Å². The first kappa shape index (κ1) is 20.9. The second-order valence-electron chi connectivity index (χ2n) is 7.95. The first-order valence-electron chi connectivity index (χ1n) is 10.4. The Kier molecular flexibility index (Phi) is 6.91. The van der Waals surface area contributed by atoms with Crippen LogP contribution in [0.2, 0.25) is 0 Å². The summed E-state index contributed by atoms with van der Waals surface area (Å²) in [4.78, 5) is 26.8. The molecule has 0 spiro atoms. The number of hydrogen-bond donors (Lipinski definition) is 2. The van der Waals surface area contributed by atoms with Crippen molar-refractivity contribution in [1.29, 1.82) is 0 Å². The summed E-state index contributed by atoms with van der Waals surface area (Å²) in [6.07, 6.45) is 5.70. The van der Waals surface area contributed by atoms with Crippen LogP contribution in [-0.2, 0) is 9.59 Å². The molecule has 2 aromatic rings. The second-order valence-corrected chi connectivity index (χ2v) is 7.95. The normalized spacial score (nSPS) is 15.4. The van der Waals surface area contributed by atoms with Crippen molar-refractivity contribution in [3.05, 3.63) is 59.7 Å². The first-order chi connectivity index (χ1) is 14.0. The molecule has 0 heterocycles. The van der Waals surface area contributed by atoms with Gasteiger partial charge in [-0.3, -0.25) is 9.59 Å². The van der Waals surface area contributed by atoms with Crippen LogP contribution >= 0.6 is 0 Å². The third kappa shape index (κ3) is 5.37. The molecular formula is C24H31N3O2. The number of benzene rings is 2. The predicted octanol–water partition coefficient (Wildman–Crippen LogP) is 4.58. The topological polar surface area (TPSA) is 61.4 Å². The van der Waals surface area contributed by atoms with E-state index in [9.17, 15) is 9.59 Å². The van der Waals surface area contributed by atoms with E-state index in [4.69, 9.17) is 0 Å². The van der Waals surface area contributed by atoms with Crippen LogP contribution in [0.4, 0.5) is 11.4 Å². The molecule has 29 heavy (non-hydrogen) atoms.